The molecule has 0 spiro atoms. The number of rotatable bonds is 9. The van der Waals surface area contributed by atoms with E-state index in [9.17, 15) is 25.2 Å². The normalized spacial score (nSPS) is 40.2. The largest absolute Gasteiger partial charge is 0.456 e. The van der Waals surface area contributed by atoms with E-state index in [0.29, 0.717) is 17.9 Å². The molecule has 0 aromatic heterocycles. The first-order valence-electron chi connectivity index (χ1n) is 14.2. The summed E-state index contributed by atoms with van der Waals surface area (Å²) < 4.78 is 18.2. The van der Waals surface area contributed by atoms with Crippen molar-refractivity contribution in [1.29, 1.82) is 0 Å². The molecule has 0 amide bonds. The van der Waals surface area contributed by atoms with Crippen LogP contribution >= 0.6 is 0 Å². The maximum absolute atomic E-state index is 13.0. The van der Waals surface area contributed by atoms with Crippen molar-refractivity contribution in [2.24, 2.45) is 28.6 Å². The molecule has 38 heavy (non-hydrogen) atoms. The molecule has 0 aromatic rings. The van der Waals surface area contributed by atoms with Crippen molar-refractivity contribution in [2.75, 3.05) is 13.2 Å². The summed E-state index contributed by atoms with van der Waals surface area (Å²) in [6.07, 6.45) is 1.90. The lowest BCUT2D eigenvalue weighted by Crippen LogP contribution is -2.63. The van der Waals surface area contributed by atoms with Crippen LogP contribution in [-0.4, -0.2) is 76.4 Å². The quantitative estimate of drug-likeness (QED) is 0.200. The zero-order valence-electron chi connectivity index (χ0n) is 24.2. The minimum atomic E-state index is -1.43. The Morgan fingerprint density at radius 1 is 1.21 bits per heavy atom. The van der Waals surface area contributed by atoms with Gasteiger partial charge in [0.2, 0.25) is 0 Å². The number of aliphatic hydroxyl groups is 4. The van der Waals surface area contributed by atoms with E-state index < -0.39 is 48.2 Å². The van der Waals surface area contributed by atoms with Crippen molar-refractivity contribution in [2.45, 2.75) is 117 Å². The third-order valence-corrected chi connectivity index (χ3v) is 9.75. The van der Waals surface area contributed by atoms with E-state index in [1.807, 2.05) is 0 Å². The molecule has 1 saturated carbocycles. The average molecular weight is 539 g/mol. The zero-order chi connectivity index (χ0) is 28.4. The van der Waals surface area contributed by atoms with Gasteiger partial charge >= 0.3 is 5.97 Å². The molecule has 3 rings (SSSR count). The summed E-state index contributed by atoms with van der Waals surface area (Å²) in [6, 6.07) is 0. The molecule has 3 aliphatic rings. The van der Waals surface area contributed by atoms with Gasteiger partial charge in [-0.1, -0.05) is 51.8 Å². The summed E-state index contributed by atoms with van der Waals surface area (Å²) in [5.74, 6) is 0.508. The van der Waals surface area contributed by atoms with E-state index in [0.717, 1.165) is 25.7 Å². The fourth-order valence-electron chi connectivity index (χ4n) is 7.25. The van der Waals surface area contributed by atoms with Gasteiger partial charge in [-0.2, -0.15) is 0 Å². The summed E-state index contributed by atoms with van der Waals surface area (Å²) in [5.41, 5.74) is 1.21. The van der Waals surface area contributed by atoms with Crippen LogP contribution in [0.3, 0.4) is 0 Å². The molecule has 2 aliphatic carbocycles. The van der Waals surface area contributed by atoms with Crippen LogP contribution in [0.25, 0.3) is 0 Å². The Hall–Kier alpha value is -1.29. The number of hydrogen-bond acceptors (Lipinski definition) is 8. The number of hydrogen-bond donors (Lipinski definition) is 4. The molecule has 8 heteroatoms. The second kappa shape index (κ2) is 12.5. The highest BCUT2D eigenvalue weighted by Gasteiger charge is 2.61. The number of carbonyl (C=O) groups is 1. The number of esters is 1. The topological polar surface area (TPSA) is 126 Å². The molecule has 4 N–H and O–H groups in total. The summed E-state index contributed by atoms with van der Waals surface area (Å²) >= 11 is 0. The van der Waals surface area contributed by atoms with Crippen LogP contribution in [0.4, 0.5) is 0 Å². The van der Waals surface area contributed by atoms with Crippen molar-refractivity contribution in [3.63, 3.8) is 0 Å². The first kappa shape index (κ1) is 31.2. The predicted octanol–water partition coefficient (Wildman–Crippen LogP) is 3.51. The number of allylic oxidation sites excluding steroid dienone is 3. The van der Waals surface area contributed by atoms with Gasteiger partial charge in [-0.15, -0.1) is 0 Å². The highest BCUT2D eigenvalue weighted by Crippen LogP contribution is 2.62. The van der Waals surface area contributed by atoms with Crippen LogP contribution in [-0.2, 0) is 19.0 Å². The van der Waals surface area contributed by atoms with E-state index in [4.69, 9.17) is 14.2 Å². The van der Waals surface area contributed by atoms with Gasteiger partial charge in [0.05, 0.1) is 12.7 Å². The Morgan fingerprint density at radius 2 is 1.89 bits per heavy atom. The smallest absolute Gasteiger partial charge is 0.333 e. The van der Waals surface area contributed by atoms with Crippen molar-refractivity contribution >= 4 is 5.97 Å². The van der Waals surface area contributed by atoms with Gasteiger partial charge in [0.15, 0.2) is 6.29 Å². The van der Waals surface area contributed by atoms with Crippen molar-refractivity contribution in [3.05, 3.63) is 23.3 Å². The average Bonchev–Trinajstić information content (AvgIpc) is 2.85. The van der Waals surface area contributed by atoms with E-state index in [2.05, 4.69) is 40.7 Å². The summed E-state index contributed by atoms with van der Waals surface area (Å²) in [5, 5.41) is 40.2. The highest BCUT2D eigenvalue weighted by atomic mass is 16.7. The Kier molecular flexibility index (Phi) is 10.3. The Labute approximate surface area is 228 Å². The lowest BCUT2D eigenvalue weighted by atomic mass is 9.46. The Morgan fingerprint density at radius 3 is 2.53 bits per heavy atom. The van der Waals surface area contributed by atoms with Crippen molar-refractivity contribution in [1.82, 2.24) is 0 Å². The van der Waals surface area contributed by atoms with E-state index in [1.54, 1.807) is 19.9 Å². The standard InChI is InChI=1S/C30H50O8/c1-8-18(3)27(35)38-26-22(37-28-25(34)24(33)21(32)16-36-28)15-30(7)20(11-9-17(2)13-14-31)19(4)10-12-23(30)29(26,5)6/h8,10,17,20-26,28,31-34H,9,11-16H2,1-7H3. The van der Waals surface area contributed by atoms with Crippen LogP contribution in [0.1, 0.15) is 80.6 Å². The Bertz CT molecular complexity index is 881. The highest BCUT2D eigenvalue weighted by molar-refractivity contribution is 5.87. The number of ether oxygens (including phenoxy) is 3. The third kappa shape index (κ3) is 6.21. The second-order valence-corrected chi connectivity index (χ2v) is 12.7. The van der Waals surface area contributed by atoms with Crippen LogP contribution in [0.2, 0.25) is 0 Å². The fourth-order valence-corrected chi connectivity index (χ4v) is 7.25. The number of aliphatic hydroxyl groups excluding tert-OH is 4. The molecule has 1 aliphatic heterocycles. The van der Waals surface area contributed by atoms with Crippen molar-refractivity contribution < 1.29 is 39.4 Å². The van der Waals surface area contributed by atoms with Crippen LogP contribution in [0.15, 0.2) is 23.3 Å². The van der Waals surface area contributed by atoms with E-state index in [-0.39, 0.29) is 30.5 Å². The van der Waals surface area contributed by atoms with Gasteiger partial charge in [-0.25, -0.2) is 4.79 Å². The van der Waals surface area contributed by atoms with E-state index in [1.165, 1.54) is 5.57 Å². The molecular weight excluding hydrogens is 488 g/mol. The van der Waals surface area contributed by atoms with Gasteiger partial charge in [0.25, 0.3) is 0 Å². The number of fused-ring (bicyclic) bond motifs is 1. The van der Waals surface area contributed by atoms with Gasteiger partial charge in [0.1, 0.15) is 24.4 Å². The lowest BCUT2D eigenvalue weighted by Gasteiger charge is -2.61. The molecule has 8 nitrogen and oxygen atoms in total. The van der Waals surface area contributed by atoms with Gasteiger partial charge in [-0.3, -0.25) is 0 Å². The maximum atomic E-state index is 13.0. The fraction of sp³-hybridized carbons (Fsp3) is 0.833. The van der Waals surface area contributed by atoms with Crippen molar-refractivity contribution in [3.8, 4) is 0 Å². The van der Waals surface area contributed by atoms with Gasteiger partial charge < -0.3 is 34.6 Å². The molecule has 218 valence electrons. The molecule has 10 unspecified atom stereocenters. The molecule has 10 atom stereocenters. The monoisotopic (exact) mass is 538 g/mol. The molecule has 1 saturated heterocycles. The predicted molar refractivity (Wildman–Crippen MR) is 144 cm³/mol. The molecular formula is C30H50O8. The second-order valence-electron chi connectivity index (χ2n) is 12.7. The van der Waals surface area contributed by atoms with Gasteiger partial charge in [-0.05, 0) is 69.6 Å². The first-order chi connectivity index (χ1) is 17.8. The van der Waals surface area contributed by atoms with Gasteiger partial charge in [0, 0.05) is 17.6 Å². The lowest BCUT2D eigenvalue weighted by molar-refractivity contribution is -0.310. The van der Waals surface area contributed by atoms with Crippen LogP contribution < -0.4 is 0 Å². The molecule has 0 radical (unpaired) electrons. The Balaban J connectivity index is 1.97. The SMILES string of the molecule is CC=C(C)C(=O)OC1C(OC2OCC(O)C(O)C2O)CC2(C)C(CCC(C)CCO)C(C)=CCC2C1(C)C. The van der Waals surface area contributed by atoms with Crippen LogP contribution in [0.5, 0.6) is 0 Å². The van der Waals surface area contributed by atoms with E-state index >= 15 is 0 Å². The first-order valence-corrected chi connectivity index (χ1v) is 14.2. The van der Waals surface area contributed by atoms with Crippen LogP contribution in [0, 0.1) is 28.6 Å². The summed E-state index contributed by atoms with van der Waals surface area (Å²) in [7, 11) is 0. The number of carbonyl (C=O) groups excluding carboxylic acids is 1. The zero-order valence-corrected chi connectivity index (χ0v) is 24.2. The molecule has 0 aromatic carbocycles. The molecule has 1 heterocycles. The minimum absolute atomic E-state index is 0.158. The summed E-state index contributed by atoms with van der Waals surface area (Å²) in [6.45, 7) is 14.5. The molecule has 2 fully saturated rings. The molecule has 0 bridgehead atoms. The maximum Gasteiger partial charge on any atom is 0.333 e. The minimum Gasteiger partial charge on any atom is -0.456 e. The third-order valence-electron chi connectivity index (χ3n) is 9.75. The summed E-state index contributed by atoms with van der Waals surface area (Å²) in [4.78, 5) is 13.0.